The predicted octanol–water partition coefficient (Wildman–Crippen LogP) is 6.09. The molecule has 5 nitrogen and oxygen atoms in total. The van der Waals surface area contributed by atoms with E-state index >= 15 is 0 Å². The van der Waals surface area contributed by atoms with Crippen LogP contribution < -0.4 is 15.0 Å². The van der Waals surface area contributed by atoms with E-state index in [2.05, 4.69) is 5.32 Å². The predicted molar refractivity (Wildman–Crippen MR) is 123 cm³/mol. The lowest BCUT2D eigenvalue weighted by atomic mass is 10.1. The number of hydrogen-bond acceptors (Lipinski definition) is 3. The molecule has 3 aromatic rings. The van der Waals surface area contributed by atoms with E-state index in [9.17, 15) is 9.59 Å². The molecule has 3 aromatic carbocycles. The molecule has 0 unspecified atom stereocenters. The first-order chi connectivity index (χ1) is 14.9. The fourth-order valence-corrected chi connectivity index (χ4v) is 3.88. The van der Waals surface area contributed by atoms with E-state index in [1.165, 1.54) is 4.90 Å². The second kappa shape index (κ2) is 9.00. The Hall–Kier alpha value is -3.02. The summed E-state index contributed by atoms with van der Waals surface area (Å²) in [6, 6.07) is 20.0. The normalized spacial score (nSPS) is 15.8. The fourth-order valence-electron chi connectivity index (χ4n) is 3.48. The van der Waals surface area contributed by atoms with E-state index in [0.29, 0.717) is 27.2 Å². The molecule has 1 aliphatic heterocycles. The molecular formula is C24H20Cl2N2O3. The molecule has 31 heavy (non-hydrogen) atoms. The SMILES string of the molecule is Cc1cccc(Oc2ccc(NC(=O)[C@H]3CC(=O)N(c4cccc(Cl)c4Cl)C3)cc2)c1. The summed E-state index contributed by atoms with van der Waals surface area (Å²) in [5.41, 5.74) is 2.26. The summed E-state index contributed by atoms with van der Waals surface area (Å²) < 4.78 is 5.83. The Bertz CT molecular complexity index is 1130. The first-order valence-corrected chi connectivity index (χ1v) is 10.6. The van der Waals surface area contributed by atoms with Crippen LogP contribution in [0.1, 0.15) is 12.0 Å². The number of benzene rings is 3. The first kappa shape index (κ1) is 21.2. The molecule has 7 heteroatoms. The monoisotopic (exact) mass is 454 g/mol. The van der Waals surface area contributed by atoms with Gasteiger partial charge in [-0.05, 0) is 61.0 Å². The van der Waals surface area contributed by atoms with Gasteiger partial charge in [0.15, 0.2) is 0 Å². The van der Waals surface area contributed by atoms with Gasteiger partial charge in [-0.1, -0.05) is 41.4 Å². The van der Waals surface area contributed by atoms with E-state index in [0.717, 1.165) is 11.3 Å². The Morgan fingerprint density at radius 1 is 1.03 bits per heavy atom. The minimum atomic E-state index is -0.481. The topological polar surface area (TPSA) is 58.6 Å². The van der Waals surface area contributed by atoms with Crippen LogP contribution >= 0.6 is 23.2 Å². The van der Waals surface area contributed by atoms with E-state index in [4.69, 9.17) is 27.9 Å². The number of aryl methyl sites for hydroxylation is 1. The van der Waals surface area contributed by atoms with Gasteiger partial charge in [-0.2, -0.15) is 0 Å². The van der Waals surface area contributed by atoms with Crippen LogP contribution in [0.5, 0.6) is 11.5 Å². The van der Waals surface area contributed by atoms with Crippen LogP contribution in [0.25, 0.3) is 0 Å². The van der Waals surface area contributed by atoms with E-state index in [-0.39, 0.29) is 24.8 Å². The summed E-state index contributed by atoms with van der Waals surface area (Å²) in [5, 5.41) is 3.55. The molecule has 0 aliphatic carbocycles. The lowest BCUT2D eigenvalue weighted by Gasteiger charge is -2.18. The Balaban J connectivity index is 1.39. The van der Waals surface area contributed by atoms with Crippen LogP contribution in [-0.4, -0.2) is 18.4 Å². The second-order valence-electron chi connectivity index (χ2n) is 7.41. The highest BCUT2D eigenvalue weighted by Crippen LogP contribution is 2.36. The third-order valence-electron chi connectivity index (χ3n) is 5.06. The molecule has 2 amide bonds. The molecule has 1 heterocycles. The zero-order valence-corrected chi connectivity index (χ0v) is 18.3. The molecular weight excluding hydrogens is 435 g/mol. The molecule has 1 aliphatic rings. The molecule has 0 bridgehead atoms. The van der Waals surface area contributed by atoms with Crippen molar-refractivity contribution in [1.29, 1.82) is 0 Å². The van der Waals surface area contributed by atoms with Crippen molar-refractivity contribution in [3.8, 4) is 11.5 Å². The average Bonchev–Trinajstić information content (AvgIpc) is 3.13. The maximum Gasteiger partial charge on any atom is 0.229 e. The number of halogens is 2. The molecule has 4 rings (SSSR count). The summed E-state index contributed by atoms with van der Waals surface area (Å²) in [5.74, 6) is 0.556. The third kappa shape index (κ3) is 4.84. The maximum atomic E-state index is 12.7. The van der Waals surface area contributed by atoms with Gasteiger partial charge in [0.1, 0.15) is 11.5 Å². The number of carbonyl (C=O) groups excluding carboxylic acids is 2. The molecule has 1 N–H and O–H groups in total. The molecule has 1 atom stereocenters. The van der Waals surface area contributed by atoms with Crippen LogP contribution in [0.2, 0.25) is 10.0 Å². The zero-order valence-electron chi connectivity index (χ0n) is 16.8. The highest BCUT2D eigenvalue weighted by Gasteiger charge is 2.36. The van der Waals surface area contributed by atoms with Crippen LogP contribution in [0.15, 0.2) is 66.7 Å². The number of hydrogen-bond donors (Lipinski definition) is 1. The fraction of sp³-hybridized carbons (Fsp3) is 0.167. The van der Waals surface area contributed by atoms with Gasteiger partial charge in [0.25, 0.3) is 0 Å². The van der Waals surface area contributed by atoms with Gasteiger partial charge in [-0.15, -0.1) is 0 Å². The Morgan fingerprint density at radius 3 is 2.52 bits per heavy atom. The largest absolute Gasteiger partial charge is 0.457 e. The first-order valence-electron chi connectivity index (χ1n) is 9.80. The molecule has 158 valence electrons. The van der Waals surface area contributed by atoms with Crippen molar-refractivity contribution in [2.45, 2.75) is 13.3 Å². The third-order valence-corrected chi connectivity index (χ3v) is 5.87. The van der Waals surface area contributed by atoms with E-state index < -0.39 is 5.92 Å². The number of nitrogens with one attached hydrogen (secondary N) is 1. The quantitative estimate of drug-likeness (QED) is 0.507. The van der Waals surface area contributed by atoms with Gasteiger partial charge < -0.3 is 15.0 Å². The van der Waals surface area contributed by atoms with Crippen LogP contribution in [0, 0.1) is 12.8 Å². The number of rotatable bonds is 5. The number of nitrogens with zero attached hydrogens (tertiary/aromatic N) is 1. The Labute approximate surface area is 190 Å². The number of ether oxygens (including phenoxy) is 1. The van der Waals surface area contributed by atoms with Crippen molar-refractivity contribution < 1.29 is 14.3 Å². The van der Waals surface area contributed by atoms with Crippen molar-refractivity contribution in [3.05, 3.63) is 82.3 Å². The summed E-state index contributed by atoms with van der Waals surface area (Å²) in [6.07, 6.45) is 0.114. The summed E-state index contributed by atoms with van der Waals surface area (Å²) in [4.78, 5) is 26.7. The average molecular weight is 455 g/mol. The maximum absolute atomic E-state index is 12.7. The van der Waals surface area contributed by atoms with Crippen molar-refractivity contribution >= 4 is 46.4 Å². The Morgan fingerprint density at radius 2 is 1.77 bits per heavy atom. The van der Waals surface area contributed by atoms with Crippen molar-refractivity contribution in [1.82, 2.24) is 0 Å². The number of carbonyl (C=O) groups is 2. The van der Waals surface area contributed by atoms with E-state index in [1.54, 1.807) is 42.5 Å². The summed E-state index contributed by atoms with van der Waals surface area (Å²) in [6.45, 7) is 2.25. The molecule has 1 fully saturated rings. The highest BCUT2D eigenvalue weighted by molar-refractivity contribution is 6.44. The van der Waals surface area contributed by atoms with Gasteiger partial charge in [0, 0.05) is 18.7 Å². The smallest absolute Gasteiger partial charge is 0.229 e. The number of amides is 2. The van der Waals surface area contributed by atoms with Gasteiger partial charge in [0.05, 0.1) is 21.7 Å². The minimum Gasteiger partial charge on any atom is -0.457 e. The summed E-state index contributed by atoms with van der Waals surface area (Å²) >= 11 is 12.3. The standard InChI is InChI=1S/C24H20Cl2N2O3/c1-15-4-2-5-19(12-15)31-18-10-8-17(9-11-18)27-24(30)16-13-22(29)28(14-16)21-7-3-6-20(25)23(21)26/h2-12,16H,13-14H2,1H3,(H,27,30)/t16-/m0/s1. The van der Waals surface area contributed by atoms with Gasteiger partial charge in [0.2, 0.25) is 11.8 Å². The summed E-state index contributed by atoms with van der Waals surface area (Å²) in [7, 11) is 0. The molecule has 0 saturated carbocycles. The molecule has 0 aromatic heterocycles. The zero-order chi connectivity index (χ0) is 22.0. The van der Waals surface area contributed by atoms with E-state index in [1.807, 2.05) is 31.2 Å². The van der Waals surface area contributed by atoms with Crippen LogP contribution in [0.3, 0.4) is 0 Å². The lowest BCUT2D eigenvalue weighted by molar-refractivity contribution is -0.122. The molecule has 1 saturated heterocycles. The van der Waals surface area contributed by atoms with Gasteiger partial charge >= 0.3 is 0 Å². The van der Waals surface area contributed by atoms with Crippen molar-refractivity contribution in [2.75, 3.05) is 16.8 Å². The number of anilines is 2. The lowest BCUT2D eigenvalue weighted by Crippen LogP contribution is -2.28. The van der Waals surface area contributed by atoms with Gasteiger partial charge in [-0.3, -0.25) is 9.59 Å². The Kier molecular flexibility index (Phi) is 6.16. The van der Waals surface area contributed by atoms with Crippen LogP contribution in [0.4, 0.5) is 11.4 Å². The van der Waals surface area contributed by atoms with Crippen molar-refractivity contribution in [2.24, 2.45) is 5.92 Å². The minimum absolute atomic E-state index is 0.114. The van der Waals surface area contributed by atoms with Crippen LogP contribution in [-0.2, 0) is 9.59 Å². The second-order valence-corrected chi connectivity index (χ2v) is 8.20. The van der Waals surface area contributed by atoms with Crippen molar-refractivity contribution in [3.63, 3.8) is 0 Å². The molecule has 0 spiro atoms. The molecule has 0 radical (unpaired) electrons. The van der Waals surface area contributed by atoms with Gasteiger partial charge in [-0.25, -0.2) is 0 Å². The highest BCUT2D eigenvalue weighted by atomic mass is 35.5.